The molecule has 42 heavy (non-hydrogen) atoms. The van der Waals surface area contributed by atoms with Gasteiger partial charge in [0, 0.05) is 37.1 Å². The molecular formula is C36H44N2O4. The highest BCUT2D eigenvalue weighted by Crippen LogP contribution is 2.41. The summed E-state index contributed by atoms with van der Waals surface area (Å²) in [7, 11) is 0. The minimum Gasteiger partial charge on any atom is -0.399 e. The van der Waals surface area contributed by atoms with Gasteiger partial charge in [0.1, 0.15) is 0 Å². The van der Waals surface area contributed by atoms with Gasteiger partial charge in [0.05, 0.1) is 50.8 Å². The Morgan fingerprint density at radius 1 is 0.500 bits per heavy atom. The molecule has 3 aromatic carbocycles. The SMILES string of the molecule is CC(Cc1c(CC2CO2)c(CC2CO2)c(CC(C)c2ccc(N)cc2)c(CC2CO2)c1CC1CO1)c1ccc(N)cc1. The summed E-state index contributed by atoms with van der Waals surface area (Å²) in [4.78, 5) is 0. The molecule has 7 rings (SSSR count). The van der Waals surface area contributed by atoms with E-state index in [4.69, 9.17) is 30.4 Å². The van der Waals surface area contributed by atoms with E-state index in [0.717, 1.165) is 76.3 Å². The Bertz CT molecular complexity index is 1240. The molecule has 6 nitrogen and oxygen atoms in total. The maximum absolute atomic E-state index is 6.04. The number of hydrogen-bond acceptors (Lipinski definition) is 6. The molecular weight excluding hydrogens is 524 g/mol. The summed E-state index contributed by atoms with van der Waals surface area (Å²) in [5.41, 5.74) is 25.4. The van der Waals surface area contributed by atoms with Gasteiger partial charge in [0.2, 0.25) is 0 Å². The van der Waals surface area contributed by atoms with Crippen LogP contribution in [0.1, 0.15) is 70.2 Å². The summed E-state index contributed by atoms with van der Waals surface area (Å²) in [6.07, 6.45) is 7.05. The summed E-state index contributed by atoms with van der Waals surface area (Å²) in [6.45, 7) is 8.10. The second kappa shape index (κ2) is 11.6. The van der Waals surface area contributed by atoms with Gasteiger partial charge >= 0.3 is 0 Å². The van der Waals surface area contributed by atoms with Gasteiger partial charge < -0.3 is 30.4 Å². The average molecular weight is 569 g/mol. The number of epoxide rings is 4. The van der Waals surface area contributed by atoms with Crippen LogP contribution in [0.15, 0.2) is 48.5 Å². The quantitative estimate of drug-likeness (QED) is 0.202. The van der Waals surface area contributed by atoms with Crippen LogP contribution in [-0.4, -0.2) is 50.8 Å². The number of anilines is 2. The molecule has 4 saturated heterocycles. The molecule has 0 aliphatic carbocycles. The summed E-state index contributed by atoms with van der Waals surface area (Å²) in [6, 6.07) is 16.9. The van der Waals surface area contributed by atoms with Crippen LogP contribution in [0.3, 0.4) is 0 Å². The minimum absolute atomic E-state index is 0.305. The molecule has 4 heterocycles. The van der Waals surface area contributed by atoms with Gasteiger partial charge in [-0.3, -0.25) is 0 Å². The number of hydrogen-bond donors (Lipinski definition) is 2. The smallest absolute Gasteiger partial charge is 0.0850 e. The lowest BCUT2D eigenvalue weighted by Gasteiger charge is -2.29. The lowest BCUT2D eigenvalue weighted by atomic mass is 9.75. The van der Waals surface area contributed by atoms with E-state index >= 15 is 0 Å². The monoisotopic (exact) mass is 568 g/mol. The van der Waals surface area contributed by atoms with Crippen molar-refractivity contribution in [3.05, 3.63) is 93.0 Å². The van der Waals surface area contributed by atoms with Gasteiger partial charge in [-0.1, -0.05) is 38.1 Å². The molecule has 6 unspecified atom stereocenters. The number of ether oxygens (including phenoxy) is 4. The van der Waals surface area contributed by atoms with Crippen LogP contribution in [0.5, 0.6) is 0 Å². The molecule has 222 valence electrons. The number of rotatable bonds is 14. The standard InChI is InChI=1S/C36H44N2O4/c1-21(23-3-7-25(37)8-4-23)11-31-33(13-27-17-39-27)35(15-29-19-41-29)32(12-22(2)24-5-9-26(38)10-6-24)36(16-30-20-42-30)34(31)14-28-18-40-28/h3-10,21-22,27-30H,11-20,37-38H2,1-2H3. The van der Waals surface area contributed by atoms with E-state index < -0.39 is 0 Å². The fraction of sp³-hybridized carbons (Fsp3) is 0.500. The molecule has 6 heteroatoms. The van der Waals surface area contributed by atoms with Gasteiger partial charge in [-0.2, -0.15) is 0 Å². The van der Waals surface area contributed by atoms with Crippen molar-refractivity contribution in [3.8, 4) is 0 Å². The maximum atomic E-state index is 6.04. The van der Waals surface area contributed by atoms with E-state index in [2.05, 4.69) is 38.1 Å². The van der Waals surface area contributed by atoms with Crippen LogP contribution in [0.25, 0.3) is 0 Å². The molecule has 4 N–H and O–H groups in total. The van der Waals surface area contributed by atoms with Gasteiger partial charge in [0.25, 0.3) is 0 Å². The lowest BCUT2D eigenvalue weighted by molar-refractivity contribution is 0.396. The van der Waals surface area contributed by atoms with Crippen LogP contribution < -0.4 is 11.5 Å². The van der Waals surface area contributed by atoms with Gasteiger partial charge in [-0.15, -0.1) is 0 Å². The summed E-state index contributed by atoms with van der Waals surface area (Å²) < 4.78 is 23.5. The number of nitrogen functional groups attached to an aromatic ring is 2. The minimum atomic E-state index is 0.305. The first kappa shape index (κ1) is 27.9. The third kappa shape index (κ3) is 6.68. The van der Waals surface area contributed by atoms with Crippen molar-refractivity contribution in [2.75, 3.05) is 37.9 Å². The Morgan fingerprint density at radius 3 is 1.00 bits per heavy atom. The predicted molar refractivity (Wildman–Crippen MR) is 166 cm³/mol. The highest BCUT2D eigenvalue weighted by atomic mass is 16.6. The molecule has 0 radical (unpaired) electrons. The fourth-order valence-corrected chi connectivity index (χ4v) is 6.72. The molecule has 0 amide bonds. The molecule has 4 aliphatic rings. The molecule has 4 aliphatic heterocycles. The van der Waals surface area contributed by atoms with Crippen LogP contribution in [0.4, 0.5) is 11.4 Å². The van der Waals surface area contributed by atoms with E-state index in [0.29, 0.717) is 36.3 Å². The number of benzene rings is 3. The molecule has 0 saturated carbocycles. The van der Waals surface area contributed by atoms with Crippen molar-refractivity contribution in [2.45, 2.75) is 88.6 Å². The Hall–Kier alpha value is -2.90. The number of nitrogens with two attached hydrogens (primary N) is 2. The zero-order valence-electron chi connectivity index (χ0n) is 24.9. The van der Waals surface area contributed by atoms with E-state index in [9.17, 15) is 0 Å². The Morgan fingerprint density at radius 2 is 0.762 bits per heavy atom. The van der Waals surface area contributed by atoms with Gasteiger partial charge in [0.15, 0.2) is 0 Å². The molecule has 0 bridgehead atoms. The Kier molecular flexibility index (Phi) is 7.74. The summed E-state index contributed by atoms with van der Waals surface area (Å²) in [5.74, 6) is 0.718. The molecule has 0 spiro atoms. The van der Waals surface area contributed by atoms with Crippen molar-refractivity contribution in [1.29, 1.82) is 0 Å². The zero-order chi connectivity index (χ0) is 28.8. The largest absolute Gasteiger partial charge is 0.399 e. The van der Waals surface area contributed by atoms with E-state index in [1.165, 1.54) is 44.5 Å². The molecule has 3 aromatic rings. The molecule has 6 atom stereocenters. The fourth-order valence-electron chi connectivity index (χ4n) is 6.72. The normalized spacial score (nSPS) is 25.2. The first-order valence-corrected chi connectivity index (χ1v) is 15.8. The van der Waals surface area contributed by atoms with Crippen molar-refractivity contribution in [2.24, 2.45) is 0 Å². The average Bonchev–Trinajstić information content (AvgIpc) is 3.80. The topological polar surface area (TPSA) is 102 Å². The lowest BCUT2D eigenvalue weighted by Crippen LogP contribution is -2.21. The third-order valence-electron chi connectivity index (χ3n) is 9.55. The van der Waals surface area contributed by atoms with E-state index in [1.54, 1.807) is 0 Å². The van der Waals surface area contributed by atoms with Crippen molar-refractivity contribution >= 4 is 11.4 Å². The third-order valence-corrected chi connectivity index (χ3v) is 9.55. The summed E-state index contributed by atoms with van der Waals surface area (Å²) in [5, 5.41) is 0. The van der Waals surface area contributed by atoms with Crippen molar-refractivity contribution < 1.29 is 18.9 Å². The van der Waals surface area contributed by atoms with Gasteiger partial charge in [-0.25, -0.2) is 0 Å². The van der Waals surface area contributed by atoms with Crippen LogP contribution >= 0.6 is 0 Å². The maximum Gasteiger partial charge on any atom is 0.0850 e. The Labute approximate surface area is 249 Å². The van der Waals surface area contributed by atoms with Crippen molar-refractivity contribution in [1.82, 2.24) is 0 Å². The first-order chi connectivity index (χ1) is 20.4. The second-order valence-electron chi connectivity index (χ2n) is 13.1. The first-order valence-electron chi connectivity index (χ1n) is 15.8. The van der Waals surface area contributed by atoms with Crippen molar-refractivity contribution in [3.63, 3.8) is 0 Å². The van der Waals surface area contributed by atoms with Crippen LogP contribution in [-0.2, 0) is 57.5 Å². The second-order valence-corrected chi connectivity index (χ2v) is 13.1. The van der Waals surface area contributed by atoms with E-state index in [1.807, 2.05) is 24.3 Å². The highest BCUT2D eigenvalue weighted by Gasteiger charge is 2.37. The van der Waals surface area contributed by atoms with Crippen LogP contribution in [0, 0.1) is 0 Å². The predicted octanol–water partition coefficient (Wildman–Crippen LogP) is 5.31. The summed E-state index contributed by atoms with van der Waals surface area (Å²) >= 11 is 0. The molecule has 4 fully saturated rings. The highest BCUT2D eigenvalue weighted by molar-refractivity contribution is 5.56. The zero-order valence-corrected chi connectivity index (χ0v) is 24.9. The van der Waals surface area contributed by atoms with E-state index in [-0.39, 0.29) is 0 Å². The molecule has 0 aromatic heterocycles. The van der Waals surface area contributed by atoms with Crippen LogP contribution in [0.2, 0.25) is 0 Å². The van der Waals surface area contributed by atoms with Gasteiger partial charge in [-0.05, 0) is 93.5 Å². The Balaban J connectivity index is 1.37.